The lowest BCUT2D eigenvalue weighted by Gasteiger charge is -2.02. The highest BCUT2D eigenvalue weighted by Crippen LogP contribution is 2.15. The highest BCUT2D eigenvalue weighted by atomic mass is 16.5. The molecule has 7 nitrogen and oxygen atoms in total. The molecule has 1 unspecified atom stereocenters. The molecule has 0 bridgehead atoms. The molecule has 3 rings (SSSR count). The molecule has 1 aliphatic rings. The minimum atomic E-state index is -0.184. The second-order valence-corrected chi connectivity index (χ2v) is 5.02. The fourth-order valence-corrected chi connectivity index (χ4v) is 2.08. The highest BCUT2D eigenvalue weighted by molar-refractivity contribution is 5.82. The first-order valence-corrected chi connectivity index (χ1v) is 7.71. The van der Waals surface area contributed by atoms with Crippen LogP contribution in [0.15, 0.2) is 4.79 Å². The molecule has 0 saturated carbocycles. The van der Waals surface area contributed by atoms with Gasteiger partial charge in [0, 0.05) is 27.3 Å². The number of aromatic nitrogens is 4. The van der Waals surface area contributed by atoms with Crippen molar-refractivity contribution in [3.05, 3.63) is 16.3 Å². The molecule has 1 aliphatic heterocycles. The second-order valence-electron chi connectivity index (χ2n) is 5.02. The summed E-state index contributed by atoms with van der Waals surface area (Å²) >= 11 is 0. The fourth-order valence-electron chi connectivity index (χ4n) is 2.08. The van der Waals surface area contributed by atoms with E-state index in [0.717, 1.165) is 19.1 Å². The van der Waals surface area contributed by atoms with Crippen LogP contribution in [0.25, 0.3) is 11.2 Å². The molecule has 1 fully saturated rings. The first-order valence-electron chi connectivity index (χ1n) is 7.71. The second kappa shape index (κ2) is 8.53. The zero-order valence-corrected chi connectivity index (χ0v) is 14.4. The van der Waals surface area contributed by atoms with Gasteiger partial charge in [0.25, 0.3) is 0 Å². The molecule has 0 spiro atoms. The van der Waals surface area contributed by atoms with Gasteiger partial charge < -0.3 is 10.1 Å². The van der Waals surface area contributed by atoms with Gasteiger partial charge in [-0.3, -0.25) is 9.55 Å². The lowest BCUT2D eigenvalue weighted by Crippen LogP contribution is -2.12. The van der Waals surface area contributed by atoms with Gasteiger partial charge in [-0.25, -0.2) is 14.8 Å². The van der Waals surface area contributed by atoms with Crippen LogP contribution >= 0.6 is 0 Å². The Hall–Kier alpha value is -1.89. The van der Waals surface area contributed by atoms with Crippen molar-refractivity contribution in [2.75, 3.05) is 25.6 Å². The Bertz CT molecular complexity index is 641. The molecule has 2 N–H and O–H groups in total. The maximum atomic E-state index is 11.3. The van der Waals surface area contributed by atoms with E-state index in [0.29, 0.717) is 22.8 Å². The maximum absolute atomic E-state index is 11.3. The number of anilines is 1. The Morgan fingerprint density at radius 2 is 2.05 bits per heavy atom. The third kappa shape index (κ3) is 4.30. The standard InChI is InChI=1S/C8H11N5O.C5H10O.C2H6/c1-4-10-6(9-2)5-7(11-4)12-8(14)13(5)3;1-5-2-3-6-4-5;1-2/h1-3H3,(H2,9,10,11,12,14);5H,2-4H2,1H3;1-2H3. The van der Waals surface area contributed by atoms with Gasteiger partial charge >= 0.3 is 5.69 Å². The Balaban J connectivity index is 0.000000253. The van der Waals surface area contributed by atoms with Gasteiger partial charge in [-0.2, -0.15) is 0 Å². The van der Waals surface area contributed by atoms with Crippen LogP contribution in [-0.2, 0) is 11.8 Å². The summed E-state index contributed by atoms with van der Waals surface area (Å²) in [6.45, 7) is 9.97. The van der Waals surface area contributed by atoms with Crippen molar-refractivity contribution in [2.45, 2.75) is 34.1 Å². The lowest BCUT2D eigenvalue weighted by molar-refractivity contribution is 0.188. The third-order valence-electron chi connectivity index (χ3n) is 3.26. The van der Waals surface area contributed by atoms with Crippen LogP contribution in [0.2, 0.25) is 0 Å². The number of fused-ring (bicyclic) bond motifs is 1. The van der Waals surface area contributed by atoms with Gasteiger partial charge in [-0.1, -0.05) is 20.8 Å². The van der Waals surface area contributed by atoms with Crippen LogP contribution in [0.5, 0.6) is 0 Å². The molecule has 3 heterocycles. The number of aryl methyl sites for hydroxylation is 2. The molecule has 124 valence electrons. The predicted molar refractivity (Wildman–Crippen MR) is 89.4 cm³/mol. The van der Waals surface area contributed by atoms with Crippen LogP contribution in [0.4, 0.5) is 5.82 Å². The molecule has 2 aromatic heterocycles. The highest BCUT2D eigenvalue weighted by Gasteiger charge is 2.10. The van der Waals surface area contributed by atoms with E-state index in [2.05, 4.69) is 27.2 Å². The number of ether oxygens (including phenoxy) is 1. The smallest absolute Gasteiger partial charge is 0.327 e. The van der Waals surface area contributed by atoms with Crippen molar-refractivity contribution in [2.24, 2.45) is 13.0 Å². The molecular weight excluding hydrogens is 282 g/mol. The Morgan fingerprint density at radius 1 is 1.36 bits per heavy atom. The van der Waals surface area contributed by atoms with Crippen molar-refractivity contribution >= 4 is 17.0 Å². The van der Waals surface area contributed by atoms with E-state index in [1.165, 1.54) is 11.0 Å². The summed E-state index contributed by atoms with van der Waals surface area (Å²) in [5.41, 5.74) is 1.08. The lowest BCUT2D eigenvalue weighted by atomic mass is 10.2. The molecule has 1 atom stereocenters. The maximum Gasteiger partial charge on any atom is 0.327 e. The minimum Gasteiger partial charge on any atom is -0.381 e. The minimum absolute atomic E-state index is 0.184. The molecule has 2 aromatic rings. The average Bonchev–Trinajstić information content (AvgIpc) is 3.09. The summed E-state index contributed by atoms with van der Waals surface area (Å²) in [7, 11) is 3.44. The van der Waals surface area contributed by atoms with Crippen LogP contribution in [-0.4, -0.2) is 39.8 Å². The normalized spacial score (nSPS) is 16.5. The molecule has 7 heteroatoms. The van der Waals surface area contributed by atoms with Crippen molar-refractivity contribution in [3.63, 3.8) is 0 Å². The number of H-pyrrole nitrogens is 1. The van der Waals surface area contributed by atoms with Gasteiger partial charge in [0.05, 0.1) is 0 Å². The van der Waals surface area contributed by atoms with Crippen molar-refractivity contribution < 1.29 is 4.74 Å². The number of hydrogen-bond acceptors (Lipinski definition) is 5. The van der Waals surface area contributed by atoms with E-state index in [1.54, 1.807) is 21.0 Å². The number of hydrogen-bond donors (Lipinski definition) is 2. The number of aromatic amines is 1. The van der Waals surface area contributed by atoms with Crippen molar-refractivity contribution in [1.29, 1.82) is 0 Å². The summed E-state index contributed by atoms with van der Waals surface area (Å²) in [4.78, 5) is 22.3. The molecule has 22 heavy (non-hydrogen) atoms. The van der Waals surface area contributed by atoms with Gasteiger partial charge in [0.15, 0.2) is 11.5 Å². The predicted octanol–water partition coefficient (Wildman–Crippen LogP) is 2.08. The Labute approximate surface area is 131 Å². The Kier molecular flexibility index (Phi) is 7.04. The molecule has 0 radical (unpaired) electrons. The van der Waals surface area contributed by atoms with E-state index in [1.807, 2.05) is 13.8 Å². The summed E-state index contributed by atoms with van der Waals surface area (Å²) in [6.07, 6.45) is 1.26. The number of imidazole rings is 1. The summed E-state index contributed by atoms with van der Waals surface area (Å²) in [6, 6.07) is 0. The monoisotopic (exact) mass is 309 g/mol. The van der Waals surface area contributed by atoms with Gasteiger partial charge in [-0.15, -0.1) is 0 Å². The van der Waals surface area contributed by atoms with E-state index < -0.39 is 0 Å². The number of nitrogens with zero attached hydrogens (tertiary/aromatic N) is 3. The Morgan fingerprint density at radius 3 is 2.50 bits per heavy atom. The van der Waals surface area contributed by atoms with E-state index in [9.17, 15) is 4.79 Å². The van der Waals surface area contributed by atoms with E-state index >= 15 is 0 Å². The topological polar surface area (TPSA) is 84.8 Å². The summed E-state index contributed by atoms with van der Waals surface area (Å²) in [5.74, 6) is 2.11. The van der Waals surface area contributed by atoms with Crippen LogP contribution in [0, 0.1) is 12.8 Å². The van der Waals surface area contributed by atoms with Gasteiger partial charge in [0.1, 0.15) is 11.3 Å². The van der Waals surface area contributed by atoms with Gasteiger partial charge in [0.2, 0.25) is 0 Å². The van der Waals surface area contributed by atoms with Gasteiger partial charge in [-0.05, 0) is 19.3 Å². The molecule has 0 aromatic carbocycles. The molecule has 1 saturated heterocycles. The quantitative estimate of drug-likeness (QED) is 0.842. The number of rotatable bonds is 1. The zero-order valence-electron chi connectivity index (χ0n) is 14.4. The molecule has 0 aliphatic carbocycles. The van der Waals surface area contributed by atoms with E-state index in [4.69, 9.17) is 4.74 Å². The van der Waals surface area contributed by atoms with Crippen molar-refractivity contribution in [3.8, 4) is 0 Å². The average molecular weight is 309 g/mol. The zero-order chi connectivity index (χ0) is 16.7. The first-order chi connectivity index (χ1) is 10.5. The summed E-state index contributed by atoms with van der Waals surface area (Å²) < 4.78 is 6.54. The van der Waals surface area contributed by atoms with Crippen LogP contribution < -0.4 is 11.0 Å². The van der Waals surface area contributed by atoms with Crippen LogP contribution in [0.3, 0.4) is 0 Å². The molecule has 0 amide bonds. The molecular formula is C15H27N5O2. The van der Waals surface area contributed by atoms with Crippen molar-refractivity contribution in [1.82, 2.24) is 19.5 Å². The third-order valence-corrected chi connectivity index (χ3v) is 3.26. The number of nitrogens with one attached hydrogen (secondary N) is 2. The SMILES string of the molecule is CC.CC1CCOC1.CNc1nc(C)nc2[nH]c(=O)n(C)c12. The summed E-state index contributed by atoms with van der Waals surface area (Å²) in [5, 5.41) is 2.93. The van der Waals surface area contributed by atoms with E-state index in [-0.39, 0.29) is 5.69 Å². The van der Waals surface area contributed by atoms with Crippen LogP contribution in [0.1, 0.15) is 33.0 Å². The largest absolute Gasteiger partial charge is 0.381 e. The fraction of sp³-hybridized carbons (Fsp3) is 0.667. The first kappa shape index (κ1) is 18.2.